The van der Waals surface area contributed by atoms with E-state index in [0.717, 1.165) is 38.8 Å². The number of nitrogens with one attached hydrogen (secondary N) is 1. The van der Waals surface area contributed by atoms with Gasteiger partial charge in [0.2, 0.25) is 0 Å². The molecule has 1 aliphatic rings. The molecule has 88 valence electrons. The van der Waals surface area contributed by atoms with Gasteiger partial charge in [-0.3, -0.25) is 4.79 Å². The largest absolute Gasteiger partial charge is 0.481 e. The van der Waals surface area contributed by atoms with Crippen molar-refractivity contribution in [1.29, 1.82) is 0 Å². The zero-order chi connectivity index (χ0) is 11.1. The van der Waals surface area contributed by atoms with E-state index in [-0.39, 0.29) is 0 Å². The highest BCUT2D eigenvalue weighted by molar-refractivity contribution is 5.74. The number of carbonyl (C=O) groups is 1. The Kier molecular flexibility index (Phi) is 5.09. The first-order chi connectivity index (χ1) is 7.15. The summed E-state index contributed by atoms with van der Waals surface area (Å²) >= 11 is 0. The molecule has 1 saturated heterocycles. The minimum atomic E-state index is -0.623. The molecule has 0 saturated carbocycles. The zero-order valence-electron chi connectivity index (χ0n) is 9.72. The van der Waals surface area contributed by atoms with Crippen LogP contribution in [-0.4, -0.2) is 24.2 Å². The molecule has 1 fully saturated rings. The Bertz CT molecular complexity index is 192. The number of carboxylic acid groups (broad SMARTS) is 1. The first kappa shape index (κ1) is 12.5. The van der Waals surface area contributed by atoms with Crippen LogP contribution in [0.3, 0.4) is 0 Å². The summed E-state index contributed by atoms with van der Waals surface area (Å²) in [5.41, 5.74) is -0.494. The summed E-state index contributed by atoms with van der Waals surface area (Å²) in [6.45, 7) is 3.94. The van der Waals surface area contributed by atoms with E-state index < -0.39 is 11.4 Å². The van der Waals surface area contributed by atoms with Crippen molar-refractivity contribution in [2.24, 2.45) is 5.41 Å². The summed E-state index contributed by atoms with van der Waals surface area (Å²) in [5, 5.41) is 12.6. The van der Waals surface area contributed by atoms with E-state index in [2.05, 4.69) is 5.32 Å². The molecular weight excluding hydrogens is 190 g/mol. The maximum absolute atomic E-state index is 11.2. The Morgan fingerprint density at radius 1 is 1.07 bits per heavy atom. The zero-order valence-corrected chi connectivity index (χ0v) is 9.72. The highest BCUT2D eigenvalue weighted by atomic mass is 16.4. The van der Waals surface area contributed by atoms with Crippen LogP contribution in [0.2, 0.25) is 0 Å². The van der Waals surface area contributed by atoms with E-state index in [1.807, 2.05) is 6.92 Å². The average Bonchev–Trinajstić information content (AvgIpc) is 2.24. The minimum absolute atomic E-state index is 0.494. The lowest BCUT2D eigenvalue weighted by Crippen LogP contribution is -2.28. The fourth-order valence-corrected chi connectivity index (χ4v) is 2.19. The van der Waals surface area contributed by atoms with Crippen LogP contribution in [0, 0.1) is 5.41 Å². The SMILES string of the molecule is CC1(C(=O)O)CCCCCCNCCC1. The Labute approximate surface area is 92.3 Å². The van der Waals surface area contributed by atoms with Gasteiger partial charge in [0, 0.05) is 0 Å². The van der Waals surface area contributed by atoms with Gasteiger partial charge >= 0.3 is 5.97 Å². The van der Waals surface area contributed by atoms with Crippen molar-refractivity contribution < 1.29 is 9.90 Å². The third-order valence-corrected chi connectivity index (χ3v) is 3.43. The van der Waals surface area contributed by atoms with E-state index >= 15 is 0 Å². The van der Waals surface area contributed by atoms with Gasteiger partial charge in [-0.05, 0) is 45.7 Å². The van der Waals surface area contributed by atoms with E-state index in [1.54, 1.807) is 0 Å². The van der Waals surface area contributed by atoms with Crippen molar-refractivity contribution in [2.45, 2.75) is 51.9 Å². The van der Waals surface area contributed by atoms with Crippen molar-refractivity contribution in [3.8, 4) is 0 Å². The van der Waals surface area contributed by atoms with Crippen LogP contribution >= 0.6 is 0 Å². The maximum Gasteiger partial charge on any atom is 0.309 e. The van der Waals surface area contributed by atoms with Crippen LogP contribution in [0.5, 0.6) is 0 Å². The molecule has 0 aromatic carbocycles. The van der Waals surface area contributed by atoms with Crippen LogP contribution in [-0.2, 0) is 4.79 Å². The molecule has 0 amide bonds. The second-order valence-corrected chi connectivity index (χ2v) is 4.88. The number of hydrogen-bond donors (Lipinski definition) is 2. The quantitative estimate of drug-likeness (QED) is 0.703. The van der Waals surface area contributed by atoms with Gasteiger partial charge in [-0.25, -0.2) is 0 Å². The Hall–Kier alpha value is -0.570. The van der Waals surface area contributed by atoms with Gasteiger partial charge in [-0.1, -0.05) is 19.3 Å². The van der Waals surface area contributed by atoms with Crippen LogP contribution in [0.1, 0.15) is 51.9 Å². The van der Waals surface area contributed by atoms with E-state index in [0.29, 0.717) is 0 Å². The monoisotopic (exact) mass is 213 g/mol. The minimum Gasteiger partial charge on any atom is -0.481 e. The molecule has 1 rings (SSSR count). The summed E-state index contributed by atoms with van der Waals surface area (Å²) in [6, 6.07) is 0. The van der Waals surface area contributed by atoms with Gasteiger partial charge in [-0.15, -0.1) is 0 Å². The standard InChI is InChI=1S/C12H23NO2/c1-12(11(14)15)7-4-2-3-5-9-13-10-6-8-12/h13H,2-10H2,1H3,(H,14,15). The molecule has 2 N–H and O–H groups in total. The fourth-order valence-electron chi connectivity index (χ4n) is 2.19. The summed E-state index contributed by atoms with van der Waals surface area (Å²) < 4.78 is 0. The molecule has 0 aromatic heterocycles. The fraction of sp³-hybridized carbons (Fsp3) is 0.917. The van der Waals surface area contributed by atoms with Crippen molar-refractivity contribution in [1.82, 2.24) is 5.32 Å². The Morgan fingerprint density at radius 2 is 1.67 bits per heavy atom. The van der Waals surface area contributed by atoms with Crippen molar-refractivity contribution >= 4 is 5.97 Å². The molecule has 3 nitrogen and oxygen atoms in total. The molecule has 0 aromatic rings. The Morgan fingerprint density at radius 3 is 2.40 bits per heavy atom. The summed E-state index contributed by atoms with van der Waals surface area (Å²) in [5.74, 6) is -0.623. The van der Waals surface area contributed by atoms with Crippen LogP contribution in [0.15, 0.2) is 0 Å². The number of rotatable bonds is 1. The third-order valence-electron chi connectivity index (χ3n) is 3.43. The highest BCUT2D eigenvalue weighted by Gasteiger charge is 2.31. The lowest BCUT2D eigenvalue weighted by molar-refractivity contribution is -0.148. The molecule has 1 unspecified atom stereocenters. The van der Waals surface area contributed by atoms with E-state index in [1.165, 1.54) is 19.3 Å². The predicted molar refractivity (Wildman–Crippen MR) is 60.9 cm³/mol. The predicted octanol–water partition coefficient (Wildman–Crippen LogP) is 2.41. The number of carboxylic acids is 1. The molecule has 1 atom stereocenters. The molecule has 0 bridgehead atoms. The topological polar surface area (TPSA) is 49.3 Å². The molecule has 0 radical (unpaired) electrons. The maximum atomic E-state index is 11.2. The summed E-state index contributed by atoms with van der Waals surface area (Å²) in [6.07, 6.45) is 7.29. The van der Waals surface area contributed by atoms with Crippen molar-refractivity contribution in [3.05, 3.63) is 0 Å². The summed E-state index contributed by atoms with van der Waals surface area (Å²) in [7, 11) is 0. The smallest absolute Gasteiger partial charge is 0.309 e. The lowest BCUT2D eigenvalue weighted by atomic mass is 9.80. The number of hydrogen-bond acceptors (Lipinski definition) is 2. The van der Waals surface area contributed by atoms with Crippen LogP contribution in [0.25, 0.3) is 0 Å². The molecule has 0 spiro atoms. The first-order valence-electron chi connectivity index (χ1n) is 6.09. The average molecular weight is 213 g/mol. The molecule has 1 heterocycles. The van der Waals surface area contributed by atoms with Crippen molar-refractivity contribution in [2.75, 3.05) is 13.1 Å². The van der Waals surface area contributed by atoms with E-state index in [9.17, 15) is 9.90 Å². The highest BCUT2D eigenvalue weighted by Crippen LogP contribution is 2.30. The number of aliphatic carboxylic acids is 1. The van der Waals surface area contributed by atoms with Crippen LogP contribution < -0.4 is 5.32 Å². The third kappa shape index (κ3) is 4.20. The molecule has 0 aliphatic carbocycles. The van der Waals surface area contributed by atoms with Gasteiger partial charge in [0.05, 0.1) is 5.41 Å². The molecule has 1 aliphatic heterocycles. The summed E-state index contributed by atoms with van der Waals surface area (Å²) in [4.78, 5) is 11.2. The van der Waals surface area contributed by atoms with Gasteiger partial charge in [-0.2, -0.15) is 0 Å². The van der Waals surface area contributed by atoms with Gasteiger partial charge in [0.1, 0.15) is 0 Å². The molecular formula is C12H23NO2. The second-order valence-electron chi connectivity index (χ2n) is 4.88. The lowest BCUT2D eigenvalue weighted by Gasteiger charge is -2.24. The van der Waals surface area contributed by atoms with Crippen LogP contribution in [0.4, 0.5) is 0 Å². The normalized spacial score (nSPS) is 30.5. The molecule has 3 heteroatoms. The van der Waals surface area contributed by atoms with Crippen molar-refractivity contribution in [3.63, 3.8) is 0 Å². The Balaban J connectivity index is 2.49. The first-order valence-corrected chi connectivity index (χ1v) is 6.09. The van der Waals surface area contributed by atoms with Gasteiger partial charge in [0.25, 0.3) is 0 Å². The van der Waals surface area contributed by atoms with Gasteiger partial charge < -0.3 is 10.4 Å². The second kappa shape index (κ2) is 6.11. The molecule has 15 heavy (non-hydrogen) atoms. The van der Waals surface area contributed by atoms with Gasteiger partial charge in [0.15, 0.2) is 0 Å². The van der Waals surface area contributed by atoms with E-state index in [4.69, 9.17) is 0 Å².